The van der Waals surface area contributed by atoms with Crippen LogP contribution in [0.3, 0.4) is 0 Å². The number of likely N-dealkylation sites (N-methyl/N-ethyl adjacent to an activating group) is 1. The Bertz CT molecular complexity index is 212. The van der Waals surface area contributed by atoms with Gasteiger partial charge in [0, 0.05) is 0 Å². The molecule has 0 radical (unpaired) electrons. The lowest BCUT2D eigenvalue weighted by Crippen LogP contribution is -2.52. The molecule has 76 valence electrons. The lowest BCUT2D eigenvalue weighted by atomic mass is 9.96. The molecule has 0 aliphatic rings. The van der Waals surface area contributed by atoms with Crippen LogP contribution in [-0.4, -0.2) is 42.7 Å². The van der Waals surface area contributed by atoms with Gasteiger partial charge >= 0.3 is 5.97 Å². The lowest BCUT2D eigenvalue weighted by molar-refractivity contribution is -0.166. The van der Waals surface area contributed by atoms with E-state index in [0.717, 1.165) is 14.0 Å². The van der Waals surface area contributed by atoms with Crippen LogP contribution in [0.1, 0.15) is 13.8 Å². The van der Waals surface area contributed by atoms with Gasteiger partial charge in [0.15, 0.2) is 5.78 Å². The molecule has 0 amide bonds. The highest BCUT2D eigenvalue weighted by Crippen LogP contribution is 2.09. The molecule has 0 saturated carbocycles. The van der Waals surface area contributed by atoms with Gasteiger partial charge in [-0.05, 0) is 20.9 Å². The Morgan fingerprint density at radius 3 is 2.31 bits per heavy atom. The Hall–Kier alpha value is -0.940. The van der Waals surface area contributed by atoms with Crippen LogP contribution in [0.25, 0.3) is 0 Å². The molecule has 0 fully saturated rings. The summed E-state index contributed by atoms with van der Waals surface area (Å²) in [5, 5.41) is 12.1. The average molecular weight is 189 g/mol. The minimum atomic E-state index is -2.07. The largest absolute Gasteiger partial charge is 0.467 e. The maximum atomic E-state index is 11.4. The lowest BCUT2D eigenvalue weighted by Gasteiger charge is -2.21. The molecule has 5 heteroatoms. The van der Waals surface area contributed by atoms with Crippen LogP contribution in [0.2, 0.25) is 0 Å². The summed E-state index contributed by atoms with van der Waals surface area (Å²) in [6, 6.07) is -0.589. The quantitative estimate of drug-likeness (QED) is 0.442. The van der Waals surface area contributed by atoms with E-state index in [0.29, 0.717) is 0 Å². The van der Waals surface area contributed by atoms with Gasteiger partial charge in [-0.15, -0.1) is 0 Å². The number of rotatable bonds is 4. The third-order valence-corrected chi connectivity index (χ3v) is 1.89. The fourth-order valence-electron chi connectivity index (χ4n) is 0.852. The molecule has 0 aliphatic carbocycles. The molecule has 0 aromatic rings. The molecule has 0 aliphatic heterocycles. The molecule has 0 saturated heterocycles. The molecule has 0 heterocycles. The van der Waals surface area contributed by atoms with Crippen LogP contribution in [0.5, 0.6) is 0 Å². The van der Waals surface area contributed by atoms with Crippen LogP contribution in [0, 0.1) is 0 Å². The maximum Gasteiger partial charge on any atom is 0.345 e. The van der Waals surface area contributed by atoms with E-state index in [1.165, 1.54) is 0 Å². The summed E-state index contributed by atoms with van der Waals surface area (Å²) in [5.74, 6) is -1.55. The maximum absolute atomic E-state index is 11.4. The molecule has 0 spiro atoms. The summed E-state index contributed by atoms with van der Waals surface area (Å²) in [6.45, 7) is 2.68. The summed E-state index contributed by atoms with van der Waals surface area (Å²) in [4.78, 5) is 22.4. The first-order valence-corrected chi connectivity index (χ1v) is 3.90. The number of esters is 1. The van der Waals surface area contributed by atoms with E-state index in [1.54, 1.807) is 14.0 Å². The molecular formula is C8H15NO4. The van der Waals surface area contributed by atoms with Crippen molar-refractivity contribution in [2.24, 2.45) is 0 Å². The third kappa shape index (κ3) is 2.50. The molecule has 5 nitrogen and oxygen atoms in total. The summed E-state index contributed by atoms with van der Waals surface area (Å²) < 4.78 is 4.29. The minimum absolute atomic E-state index is 0.589. The molecule has 0 bridgehead atoms. The van der Waals surface area contributed by atoms with Gasteiger partial charge in [0.2, 0.25) is 5.60 Å². The number of nitrogens with one attached hydrogen (secondary N) is 1. The summed E-state index contributed by atoms with van der Waals surface area (Å²) in [7, 11) is 2.68. The van der Waals surface area contributed by atoms with E-state index in [1.807, 2.05) is 0 Å². The fraction of sp³-hybridized carbons (Fsp3) is 0.750. The third-order valence-electron chi connectivity index (χ3n) is 1.89. The number of Topliss-reactive ketones (excluding diaryl/α,β-unsaturated/α-hetero) is 1. The van der Waals surface area contributed by atoms with Crippen LogP contribution in [0.15, 0.2) is 0 Å². The fourth-order valence-corrected chi connectivity index (χ4v) is 0.852. The van der Waals surface area contributed by atoms with Crippen molar-refractivity contribution in [3.05, 3.63) is 0 Å². The van der Waals surface area contributed by atoms with E-state index in [9.17, 15) is 14.7 Å². The Kier molecular flexibility index (Phi) is 4.03. The highest BCUT2D eigenvalue weighted by atomic mass is 16.5. The van der Waals surface area contributed by atoms with E-state index in [4.69, 9.17) is 0 Å². The Balaban J connectivity index is 4.63. The van der Waals surface area contributed by atoms with Crippen LogP contribution in [-0.2, 0) is 14.3 Å². The van der Waals surface area contributed by atoms with Crippen LogP contribution >= 0.6 is 0 Å². The number of carbonyl (C=O) groups excluding carboxylic acids is 2. The van der Waals surface area contributed by atoms with Crippen molar-refractivity contribution in [2.45, 2.75) is 25.5 Å². The van der Waals surface area contributed by atoms with Gasteiger partial charge in [-0.1, -0.05) is 0 Å². The summed E-state index contributed by atoms with van der Waals surface area (Å²) >= 11 is 0. The number of methoxy groups -OCH3 is 1. The van der Waals surface area contributed by atoms with Crippen molar-refractivity contribution >= 4 is 11.8 Å². The SMILES string of the molecule is CN[C@@H](C)C(=O)C(C)(O)C(=O)OC. The van der Waals surface area contributed by atoms with Gasteiger partial charge in [0.25, 0.3) is 0 Å². The molecule has 0 aromatic heterocycles. The van der Waals surface area contributed by atoms with E-state index in [-0.39, 0.29) is 0 Å². The zero-order valence-corrected chi connectivity index (χ0v) is 8.25. The number of carbonyl (C=O) groups is 2. The Morgan fingerprint density at radius 1 is 1.54 bits per heavy atom. The highest BCUT2D eigenvalue weighted by Gasteiger charge is 2.41. The van der Waals surface area contributed by atoms with Crippen molar-refractivity contribution in [1.29, 1.82) is 0 Å². The first-order valence-electron chi connectivity index (χ1n) is 3.90. The number of ketones is 1. The van der Waals surface area contributed by atoms with E-state index >= 15 is 0 Å². The molecule has 2 N–H and O–H groups in total. The number of ether oxygens (including phenoxy) is 1. The van der Waals surface area contributed by atoms with E-state index in [2.05, 4.69) is 10.1 Å². The topological polar surface area (TPSA) is 75.6 Å². The van der Waals surface area contributed by atoms with Crippen molar-refractivity contribution in [3.8, 4) is 0 Å². The van der Waals surface area contributed by atoms with Crippen molar-refractivity contribution in [3.63, 3.8) is 0 Å². The summed E-state index contributed by atoms with van der Waals surface area (Å²) in [5.41, 5.74) is -2.07. The molecule has 2 atom stereocenters. The van der Waals surface area contributed by atoms with E-state index < -0.39 is 23.4 Å². The zero-order valence-electron chi connectivity index (χ0n) is 8.25. The average Bonchev–Trinajstić information content (AvgIpc) is 2.13. The van der Waals surface area contributed by atoms with Crippen molar-refractivity contribution in [2.75, 3.05) is 14.2 Å². The molecule has 1 unspecified atom stereocenters. The van der Waals surface area contributed by atoms with Gasteiger partial charge in [0.1, 0.15) is 0 Å². The number of aliphatic hydroxyl groups is 1. The van der Waals surface area contributed by atoms with Crippen LogP contribution < -0.4 is 5.32 Å². The van der Waals surface area contributed by atoms with Gasteiger partial charge in [-0.25, -0.2) is 4.79 Å². The normalized spacial score (nSPS) is 17.3. The van der Waals surface area contributed by atoms with Gasteiger partial charge < -0.3 is 15.2 Å². The molecule has 0 rings (SSSR count). The summed E-state index contributed by atoms with van der Waals surface area (Å²) in [6.07, 6.45) is 0. The smallest absolute Gasteiger partial charge is 0.345 e. The number of hydrogen-bond donors (Lipinski definition) is 2. The van der Waals surface area contributed by atoms with Gasteiger partial charge in [-0.3, -0.25) is 4.79 Å². The standard InChI is InChI=1S/C8H15NO4/c1-5(9-3)6(10)8(2,12)7(11)13-4/h5,9,12H,1-4H3/t5-,8?/m0/s1. The second kappa shape index (κ2) is 4.34. The Labute approximate surface area is 77.1 Å². The second-order valence-corrected chi connectivity index (χ2v) is 2.94. The molecular weight excluding hydrogens is 174 g/mol. The predicted octanol–water partition coefficient (Wildman–Crippen LogP) is -0.913. The highest BCUT2D eigenvalue weighted by molar-refractivity contribution is 6.08. The zero-order chi connectivity index (χ0) is 10.6. The van der Waals surface area contributed by atoms with Crippen LogP contribution in [0.4, 0.5) is 0 Å². The van der Waals surface area contributed by atoms with Crippen molar-refractivity contribution in [1.82, 2.24) is 5.32 Å². The molecule has 0 aromatic carbocycles. The first kappa shape index (κ1) is 12.1. The monoisotopic (exact) mass is 189 g/mol. The first-order chi connectivity index (χ1) is 5.87. The van der Waals surface area contributed by atoms with Crippen molar-refractivity contribution < 1.29 is 19.4 Å². The van der Waals surface area contributed by atoms with Gasteiger partial charge in [0.05, 0.1) is 13.2 Å². The predicted molar refractivity (Wildman–Crippen MR) is 46.2 cm³/mol. The molecule has 13 heavy (non-hydrogen) atoms. The number of hydrogen-bond acceptors (Lipinski definition) is 5. The second-order valence-electron chi connectivity index (χ2n) is 2.94. The minimum Gasteiger partial charge on any atom is -0.467 e. The Morgan fingerprint density at radius 2 is 2.00 bits per heavy atom. The van der Waals surface area contributed by atoms with Gasteiger partial charge in [-0.2, -0.15) is 0 Å².